The van der Waals surface area contributed by atoms with Crippen LogP contribution in [0.2, 0.25) is 0 Å². The van der Waals surface area contributed by atoms with E-state index >= 15 is 0 Å². The van der Waals surface area contributed by atoms with Crippen LogP contribution in [0, 0.1) is 11.6 Å². The summed E-state index contributed by atoms with van der Waals surface area (Å²) in [7, 11) is 1.76. The Morgan fingerprint density at radius 2 is 2.17 bits per heavy atom. The van der Waals surface area contributed by atoms with Gasteiger partial charge in [-0.15, -0.1) is 0 Å². The Morgan fingerprint density at radius 1 is 1.50 bits per heavy atom. The molecule has 0 spiro atoms. The third-order valence-corrected chi connectivity index (χ3v) is 2.84. The maximum Gasteiger partial charge on any atom is 0.163 e. The molecule has 0 aliphatic carbocycles. The van der Waals surface area contributed by atoms with Crippen molar-refractivity contribution in [2.75, 3.05) is 7.05 Å². The van der Waals surface area contributed by atoms with Crippen molar-refractivity contribution in [2.24, 2.45) is 10.9 Å². The van der Waals surface area contributed by atoms with Crippen molar-refractivity contribution in [2.45, 2.75) is 25.9 Å². The lowest BCUT2D eigenvalue weighted by molar-refractivity contribution is 0.246. The van der Waals surface area contributed by atoms with E-state index in [0.29, 0.717) is 6.42 Å². The normalized spacial score (nSPS) is 13.9. The molecular weight excluding hydrogens is 240 g/mol. The zero-order valence-electron chi connectivity index (χ0n) is 10.4. The topological polar surface area (TPSA) is 61.9 Å². The van der Waals surface area contributed by atoms with E-state index in [1.165, 1.54) is 12.1 Å². The lowest BCUT2D eigenvalue weighted by Gasteiger charge is -2.24. The van der Waals surface area contributed by atoms with Crippen LogP contribution < -0.4 is 5.73 Å². The summed E-state index contributed by atoms with van der Waals surface area (Å²) in [6.07, 6.45) is 0.351. The number of nitrogens with zero attached hydrogens (tertiary/aromatic N) is 2. The molecule has 1 unspecified atom stereocenters. The summed E-state index contributed by atoms with van der Waals surface area (Å²) < 4.78 is 26.5. The first-order valence-corrected chi connectivity index (χ1v) is 5.55. The summed E-state index contributed by atoms with van der Waals surface area (Å²) in [6, 6.07) is 4.03. The van der Waals surface area contributed by atoms with E-state index in [-0.39, 0.29) is 24.0 Å². The van der Waals surface area contributed by atoms with Crippen molar-refractivity contribution in [3.8, 4) is 0 Å². The molecule has 0 aliphatic rings. The van der Waals surface area contributed by atoms with Gasteiger partial charge in [0, 0.05) is 24.6 Å². The van der Waals surface area contributed by atoms with E-state index in [9.17, 15) is 8.78 Å². The molecule has 100 valence electrons. The van der Waals surface area contributed by atoms with Gasteiger partial charge in [0.25, 0.3) is 0 Å². The third-order valence-electron chi connectivity index (χ3n) is 2.84. The van der Waals surface area contributed by atoms with Crippen LogP contribution in [0.25, 0.3) is 0 Å². The maximum atomic E-state index is 13.5. The Hall–Kier alpha value is -1.69. The average Bonchev–Trinajstić information content (AvgIpc) is 2.34. The van der Waals surface area contributed by atoms with Crippen molar-refractivity contribution < 1.29 is 14.0 Å². The minimum absolute atomic E-state index is 0.0523. The van der Waals surface area contributed by atoms with Crippen molar-refractivity contribution in [3.05, 3.63) is 35.4 Å². The molecule has 0 bridgehead atoms. The van der Waals surface area contributed by atoms with E-state index in [2.05, 4.69) is 5.16 Å². The van der Waals surface area contributed by atoms with Crippen molar-refractivity contribution in [1.82, 2.24) is 4.90 Å². The molecule has 6 heteroatoms. The van der Waals surface area contributed by atoms with Gasteiger partial charge in [0.05, 0.1) is 0 Å². The number of benzene rings is 1. The Morgan fingerprint density at radius 3 is 2.78 bits per heavy atom. The molecule has 1 atom stereocenters. The molecule has 18 heavy (non-hydrogen) atoms. The van der Waals surface area contributed by atoms with Gasteiger partial charge in [0.2, 0.25) is 0 Å². The molecule has 1 aromatic carbocycles. The predicted octanol–water partition coefficient (Wildman–Crippen LogP) is 1.92. The number of oxime groups is 1. The smallest absolute Gasteiger partial charge is 0.163 e. The molecule has 1 aromatic rings. The summed E-state index contributed by atoms with van der Waals surface area (Å²) in [4.78, 5) is 1.80. The van der Waals surface area contributed by atoms with E-state index < -0.39 is 11.6 Å². The molecule has 0 aromatic heterocycles. The second-order valence-electron chi connectivity index (χ2n) is 4.27. The summed E-state index contributed by atoms with van der Waals surface area (Å²) in [5, 5.41) is 11.4. The lowest BCUT2D eigenvalue weighted by Crippen LogP contribution is -2.33. The van der Waals surface area contributed by atoms with Crippen LogP contribution in [-0.4, -0.2) is 29.0 Å². The molecule has 0 aliphatic heterocycles. The van der Waals surface area contributed by atoms with Gasteiger partial charge in [-0.3, -0.25) is 4.90 Å². The van der Waals surface area contributed by atoms with Crippen LogP contribution in [0.4, 0.5) is 8.78 Å². The van der Waals surface area contributed by atoms with Gasteiger partial charge in [-0.2, -0.15) is 0 Å². The number of hydrogen-bond acceptors (Lipinski definition) is 3. The quantitative estimate of drug-likeness (QED) is 0.366. The second-order valence-corrected chi connectivity index (χ2v) is 4.27. The molecular formula is C12H17F2N3O. The molecule has 3 N–H and O–H groups in total. The number of hydrogen-bond donors (Lipinski definition) is 2. The number of nitrogens with two attached hydrogens (primary N) is 1. The third kappa shape index (κ3) is 3.66. The monoisotopic (exact) mass is 257 g/mol. The van der Waals surface area contributed by atoms with Crippen molar-refractivity contribution in [1.29, 1.82) is 0 Å². The molecule has 1 rings (SSSR count). The summed E-state index contributed by atoms with van der Waals surface area (Å²) in [5.74, 6) is -1.58. The van der Waals surface area contributed by atoms with Crippen LogP contribution >= 0.6 is 0 Å². The molecule has 0 amide bonds. The van der Waals surface area contributed by atoms with Crippen molar-refractivity contribution in [3.63, 3.8) is 0 Å². The molecule has 0 heterocycles. The first-order valence-electron chi connectivity index (χ1n) is 5.55. The Bertz CT molecular complexity index is 437. The van der Waals surface area contributed by atoms with Crippen LogP contribution in [0.3, 0.4) is 0 Å². The lowest BCUT2D eigenvalue weighted by atomic mass is 10.1. The van der Waals surface area contributed by atoms with Crippen LogP contribution in [-0.2, 0) is 6.54 Å². The molecule has 0 radical (unpaired) electrons. The van der Waals surface area contributed by atoms with E-state index in [1.54, 1.807) is 11.9 Å². The van der Waals surface area contributed by atoms with E-state index in [4.69, 9.17) is 10.9 Å². The Balaban J connectivity index is 2.69. The highest BCUT2D eigenvalue weighted by Crippen LogP contribution is 2.15. The largest absolute Gasteiger partial charge is 0.409 e. The Kier molecular flexibility index (Phi) is 5.03. The predicted molar refractivity (Wildman–Crippen MR) is 65.3 cm³/mol. The highest BCUT2D eigenvalue weighted by atomic mass is 19.2. The molecule has 4 nitrogen and oxygen atoms in total. The van der Waals surface area contributed by atoms with Crippen LogP contribution in [0.5, 0.6) is 0 Å². The maximum absolute atomic E-state index is 13.5. The average molecular weight is 257 g/mol. The van der Waals surface area contributed by atoms with Gasteiger partial charge < -0.3 is 10.9 Å². The fourth-order valence-electron chi connectivity index (χ4n) is 1.59. The highest BCUT2D eigenvalue weighted by Gasteiger charge is 2.15. The second kappa shape index (κ2) is 6.30. The van der Waals surface area contributed by atoms with E-state index in [1.807, 2.05) is 6.92 Å². The fraction of sp³-hybridized carbons (Fsp3) is 0.417. The van der Waals surface area contributed by atoms with Crippen molar-refractivity contribution >= 4 is 5.84 Å². The number of halogens is 2. The molecule has 0 saturated heterocycles. The van der Waals surface area contributed by atoms with Gasteiger partial charge in [0.15, 0.2) is 11.6 Å². The first kappa shape index (κ1) is 14.4. The zero-order valence-corrected chi connectivity index (χ0v) is 10.4. The van der Waals surface area contributed by atoms with Gasteiger partial charge in [0.1, 0.15) is 5.84 Å². The van der Waals surface area contributed by atoms with Crippen LogP contribution in [0.1, 0.15) is 18.9 Å². The van der Waals surface area contributed by atoms with Gasteiger partial charge in [-0.1, -0.05) is 17.3 Å². The molecule has 0 saturated carbocycles. The van der Waals surface area contributed by atoms with E-state index in [0.717, 1.165) is 6.07 Å². The SMILES string of the molecule is CC(CC(N)=NO)N(C)Cc1cccc(F)c1F. The summed E-state index contributed by atoms with van der Waals surface area (Å²) in [6.45, 7) is 2.11. The molecule has 0 fully saturated rings. The fourth-order valence-corrected chi connectivity index (χ4v) is 1.59. The van der Waals surface area contributed by atoms with Gasteiger partial charge in [-0.05, 0) is 20.0 Å². The highest BCUT2D eigenvalue weighted by molar-refractivity contribution is 5.80. The summed E-state index contributed by atoms with van der Waals surface area (Å²) in [5.41, 5.74) is 5.68. The number of amidine groups is 1. The minimum atomic E-state index is -0.856. The standard InChI is InChI=1S/C12H17F2N3O/c1-8(6-11(15)16-18)17(2)7-9-4-3-5-10(13)12(9)14/h3-5,8,18H,6-7H2,1-2H3,(H2,15,16). The van der Waals surface area contributed by atoms with Crippen LogP contribution in [0.15, 0.2) is 23.4 Å². The van der Waals surface area contributed by atoms with Gasteiger partial charge in [-0.25, -0.2) is 8.78 Å². The number of rotatable bonds is 5. The minimum Gasteiger partial charge on any atom is -0.409 e. The first-order chi connectivity index (χ1) is 8.45. The zero-order chi connectivity index (χ0) is 13.7. The summed E-state index contributed by atoms with van der Waals surface area (Å²) >= 11 is 0. The Labute approximate surface area is 105 Å². The van der Waals surface area contributed by atoms with Gasteiger partial charge >= 0.3 is 0 Å².